The molecule has 2 nitrogen and oxygen atoms in total. The zero-order chi connectivity index (χ0) is 14.4. The topological polar surface area (TPSA) is 29.1 Å². The number of halogens is 1. The van der Waals surface area contributed by atoms with Gasteiger partial charge in [-0.2, -0.15) is 0 Å². The Morgan fingerprint density at radius 3 is 3.05 bits per heavy atom. The molecule has 2 aliphatic carbocycles. The molecule has 2 aliphatic rings. The van der Waals surface area contributed by atoms with Crippen LogP contribution in [0.2, 0.25) is 0 Å². The summed E-state index contributed by atoms with van der Waals surface area (Å²) < 4.78 is 1.09. The molecule has 2 aromatic rings. The highest BCUT2D eigenvalue weighted by molar-refractivity contribution is 9.10. The maximum absolute atomic E-state index is 12.4. The standard InChI is InChI=1S/C17H16BrNOS/c18-11-7-12(21-9-11)8-19-17(20)16-14-6-5-10-3-1-2-4-13(10)15(14)16/h1-4,7,9,14-16H,5-6,8H2,(H,19,20). The lowest BCUT2D eigenvalue weighted by molar-refractivity contribution is -0.122. The highest BCUT2D eigenvalue weighted by Crippen LogP contribution is 2.59. The summed E-state index contributed by atoms with van der Waals surface area (Å²) >= 11 is 5.12. The monoisotopic (exact) mass is 361 g/mol. The van der Waals surface area contributed by atoms with Gasteiger partial charge in [0, 0.05) is 20.6 Å². The molecule has 1 aromatic carbocycles. The van der Waals surface area contributed by atoms with Crippen molar-refractivity contribution in [1.82, 2.24) is 5.32 Å². The summed E-state index contributed by atoms with van der Waals surface area (Å²) in [5, 5.41) is 5.16. The van der Waals surface area contributed by atoms with Crippen LogP contribution in [-0.4, -0.2) is 5.91 Å². The largest absolute Gasteiger partial charge is 0.351 e. The van der Waals surface area contributed by atoms with Gasteiger partial charge in [-0.3, -0.25) is 4.79 Å². The molecule has 0 saturated heterocycles. The van der Waals surface area contributed by atoms with Crippen LogP contribution in [0.15, 0.2) is 40.2 Å². The Kier molecular flexibility index (Phi) is 3.38. The first-order valence-electron chi connectivity index (χ1n) is 7.32. The summed E-state index contributed by atoms with van der Waals surface area (Å²) in [4.78, 5) is 13.6. The van der Waals surface area contributed by atoms with Crippen molar-refractivity contribution in [2.45, 2.75) is 25.3 Å². The van der Waals surface area contributed by atoms with Gasteiger partial charge in [0.25, 0.3) is 0 Å². The maximum atomic E-state index is 12.4. The van der Waals surface area contributed by atoms with Crippen LogP contribution in [0.3, 0.4) is 0 Å². The summed E-state index contributed by atoms with van der Waals surface area (Å²) in [5.41, 5.74) is 2.85. The third-order valence-corrected chi connectivity index (χ3v) is 6.39. The molecule has 1 N–H and O–H groups in total. The summed E-state index contributed by atoms with van der Waals surface area (Å²) in [6.07, 6.45) is 2.28. The fourth-order valence-corrected chi connectivity index (χ4v) is 5.05. The van der Waals surface area contributed by atoms with Crippen molar-refractivity contribution in [3.63, 3.8) is 0 Å². The van der Waals surface area contributed by atoms with Gasteiger partial charge in [0.15, 0.2) is 0 Å². The van der Waals surface area contributed by atoms with E-state index in [-0.39, 0.29) is 11.8 Å². The number of amides is 1. The maximum Gasteiger partial charge on any atom is 0.224 e. The minimum atomic E-state index is 0.192. The Bertz CT molecular complexity index is 696. The predicted molar refractivity (Wildman–Crippen MR) is 88.3 cm³/mol. The van der Waals surface area contributed by atoms with Gasteiger partial charge in [-0.1, -0.05) is 24.3 Å². The quantitative estimate of drug-likeness (QED) is 0.875. The van der Waals surface area contributed by atoms with Crippen molar-refractivity contribution in [2.75, 3.05) is 0 Å². The number of rotatable bonds is 3. The molecule has 1 aromatic heterocycles. The van der Waals surface area contributed by atoms with E-state index in [0.717, 1.165) is 17.3 Å². The molecule has 1 heterocycles. The van der Waals surface area contributed by atoms with E-state index in [1.165, 1.54) is 16.0 Å². The summed E-state index contributed by atoms with van der Waals surface area (Å²) in [7, 11) is 0. The number of carbonyl (C=O) groups excluding carboxylic acids is 1. The number of carbonyl (C=O) groups is 1. The molecule has 3 unspecified atom stereocenters. The van der Waals surface area contributed by atoms with Crippen LogP contribution < -0.4 is 5.32 Å². The third kappa shape index (κ3) is 2.44. The van der Waals surface area contributed by atoms with Crippen molar-refractivity contribution in [3.8, 4) is 0 Å². The Morgan fingerprint density at radius 1 is 1.38 bits per heavy atom. The average Bonchev–Trinajstić information content (AvgIpc) is 3.11. The van der Waals surface area contributed by atoms with Crippen LogP contribution in [0, 0.1) is 11.8 Å². The highest BCUT2D eigenvalue weighted by Gasteiger charge is 2.56. The van der Waals surface area contributed by atoms with E-state index in [2.05, 4.69) is 57.0 Å². The van der Waals surface area contributed by atoms with Crippen LogP contribution >= 0.6 is 27.3 Å². The number of fused-ring (bicyclic) bond motifs is 3. The number of hydrogen-bond acceptors (Lipinski definition) is 2. The molecule has 21 heavy (non-hydrogen) atoms. The SMILES string of the molecule is O=C(NCc1cc(Br)cs1)C1C2CCc3ccccc3C21. The lowest BCUT2D eigenvalue weighted by Gasteiger charge is -2.13. The Labute approximate surface area is 136 Å². The van der Waals surface area contributed by atoms with E-state index in [0.29, 0.717) is 18.4 Å². The summed E-state index contributed by atoms with van der Waals surface area (Å²) in [6, 6.07) is 10.7. The minimum absolute atomic E-state index is 0.192. The Hall–Kier alpha value is -1.13. The first-order chi connectivity index (χ1) is 10.2. The molecule has 0 bridgehead atoms. The molecule has 1 fully saturated rings. The second-order valence-electron chi connectivity index (χ2n) is 5.90. The van der Waals surface area contributed by atoms with Crippen molar-refractivity contribution in [2.24, 2.45) is 11.8 Å². The predicted octanol–water partition coefficient (Wildman–Crippen LogP) is 4.10. The smallest absolute Gasteiger partial charge is 0.224 e. The van der Waals surface area contributed by atoms with Gasteiger partial charge in [-0.05, 0) is 57.8 Å². The van der Waals surface area contributed by atoms with E-state index < -0.39 is 0 Å². The molecule has 0 spiro atoms. The second-order valence-corrected chi connectivity index (χ2v) is 7.81. The van der Waals surface area contributed by atoms with Crippen molar-refractivity contribution in [1.29, 1.82) is 0 Å². The molecular formula is C17H16BrNOS. The van der Waals surface area contributed by atoms with Crippen LogP contribution in [0.4, 0.5) is 0 Å². The van der Waals surface area contributed by atoms with E-state index >= 15 is 0 Å². The fourth-order valence-electron chi connectivity index (χ4n) is 3.66. The lowest BCUT2D eigenvalue weighted by atomic mass is 9.92. The fraction of sp³-hybridized carbons (Fsp3) is 0.353. The van der Waals surface area contributed by atoms with Gasteiger partial charge in [-0.15, -0.1) is 11.3 Å². The van der Waals surface area contributed by atoms with Crippen LogP contribution in [-0.2, 0) is 17.8 Å². The molecule has 1 saturated carbocycles. The molecule has 1 amide bonds. The van der Waals surface area contributed by atoms with Gasteiger partial charge in [-0.25, -0.2) is 0 Å². The van der Waals surface area contributed by atoms with Gasteiger partial charge in [0.05, 0.1) is 6.54 Å². The molecule has 4 rings (SSSR count). The normalized spacial score (nSPS) is 25.9. The molecule has 0 aliphatic heterocycles. The van der Waals surface area contributed by atoms with E-state index in [1.807, 2.05) is 0 Å². The van der Waals surface area contributed by atoms with Crippen LogP contribution in [0.1, 0.15) is 28.3 Å². The summed E-state index contributed by atoms with van der Waals surface area (Å²) in [6.45, 7) is 0.646. The van der Waals surface area contributed by atoms with Crippen molar-refractivity contribution >= 4 is 33.2 Å². The third-order valence-electron chi connectivity index (χ3n) is 4.69. The molecule has 3 atom stereocenters. The van der Waals surface area contributed by atoms with Gasteiger partial charge < -0.3 is 5.32 Å². The van der Waals surface area contributed by atoms with Gasteiger partial charge >= 0.3 is 0 Å². The first-order valence-corrected chi connectivity index (χ1v) is 9.00. The highest BCUT2D eigenvalue weighted by atomic mass is 79.9. The van der Waals surface area contributed by atoms with Crippen molar-refractivity contribution in [3.05, 3.63) is 56.2 Å². The minimum Gasteiger partial charge on any atom is -0.351 e. The second kappa shape index (κ2) is 5.25. The number of benzene rings is 1. The lowest BCUT2D eigenvalue weighted by Crippen LogP contribution is -2.25. The van der Waals surface area contributed by atoms with E-state index in [9.17, 15) is 4.79 Å². The number of thiophene rings is 1. The average molecular weight is 362 g/mol. The number of nitrogens with one attached hydrogen (secondary N) is 1. The first kappa shape index (κ1) is 13.5. The molecule has 0 radical (unpaired) electrons. The van der Waals surface area contributed by atoms with Crippen LogP contribution in [0.25, 0.3) is 0 Å². The van der Waals surface area contributed by atoms with E-state index in [1.54, 1.807) is 11.3 Å². The number of aryl methyl sites for hydroxylation is 1. The zero-order valence-electron chi connectivity index (χ0n) is 11.5. The van der Waals surface area contributed by atoms with Crippen molar-refractivity contribution < 1.29 is 4.79 Å². The van der Waals surface area contributed by atoms with Crippen LogP contribution in [0.5, 0.6) is 0 Å². The summed E-state index contributed by atoms with van der Waals surface area (Å²) in [5.74, 6) is 1.45. The zero-order valence-corrected chi connectivity index (χ0v) is 13.9. The van der Waals surface area contributed by atoms with Gasteiger partial charge in [0.2, 0.25) is 5.91 Å². The molecule has 108 valence electrons. The number of hydrogen-bond donors (Lipinski definition) is 1. The van der Waals surface area contributed by atoms with Gasteiger partial charge in [0.1, 0.15) is 0 Å². The molecular weight excluding hydrogens is 346 g/mol. The molecule has 4 heteroatoms. The Balaban J connectivity index is 1.43. The Morgan fingerprint density at radius 2 is 2.24 bits per heavy atom. The van der Waals surface area contributed by atoms with E-state index in [4.69, 9.17) is 0 Å².